The molecule has 1 heterocycles. The summed E-state index contributed by atoms with van der Waals surface area (Å²) in [6, 6.07) is 9.68. The highest BCUT2D eigenvalue weighted by Crippen LogP contribution is 2.17. The van der Waals surface area contributed by atoms with E-state index in [9.17, 15) is 0 Å². The fourth-order valence-electron chi connectivity index (χ4n) is 1.45. The number of nitrogens with zero attached hydrogens (tertiary/aromatic N) is 2. The van der Waals surface area contributed by atoms with E-state index in [0.29, 0.717) is 18.2 Å². The Hall–Kier alpha value is -1.94. The van der Waals surface area contributed by atoms with Crippen molar-refractivity contribution in [2.75, 3.05) is 5.73 Å². The van der Waals surface area contributed by atoms with Gasteiger partial charge in [0, 0.05) is 18.2 Å². The van der Waals surface area contributed by atoms with Crippen LogP contribution in [0.3, 0.4) is 0 Å². The highest BCUT2D eigenvalue weighted by Gasteiger charge is 2.04. The minimum Gasteiger partial charge on any atom is -0.384 e. The van der Waals surface area contributed by atoms with Crippen molar-refractivity contribution in [1.29, 1.82) is 0 Å². The fraction of sp³-hybridized carbons (Fsp3) is 0.167. The van der Waals surface area contributed by atoms with Crippen LogP contribution in [-0.2, 0) is 6.54 Å². The van der Waals surface area contributed by atoms with Crippen LogP contribution in [0.1, 0.15) is 11.3 Å². The number of anilines is 1. The van der Waals surface area contributed by atoms with Gasteiger partial charge in [0.05, 0.1) is 5.69 Å². The average Bonchev–Trinajstić information content (AvgIpc) is 2.29. The Morgan fingerprint density at radius 2 is 1.81 bits per heavy atom. The number of rotatable bonds is 2. The van der Waals surface area contributed by atoms with Gasteiger partial charge in [-0.2, -0.15) is 0 Å². The van der Waals surface area contributed by atoms with Gasteiger partial charge in [0.1, 0.15) is 5.82 Å². The van der Waals surface area contributed by atoms with Gasteiger partial charge in [-0.15, -0.1) is 0 Å². The van der Waals surface area contributed by atoms with Gasteiger partial charge in [-0.05, 0) is 6.92 Å². The molecule has 1 aromatic carbocycles. The number of nitrogen functional groups attached to an aromatic ring is 1. The lowest BCUT2D eigenvalue weighted by molar-refractivity contribution is 0.973. The number of aromatic nitrogens is 2. The van der Waals surface area contributed by atoms with Crippen molar-refractivity contribution in [3.05, 3.63) is 41.6 Å². The summed E-state index contributed by atoms with van der Waals surface area (Å²) >= 11 is 0. The van der Waals surface area contributed by atoms with E-state index in [1.165, 1.54) is 5.56 Å². The van der Waals surface area contributed by atoms with Crippen LogP contribution in [0.25, 0.3) is 11.4 Å². The van der Waals surface area contributed by atoms with Gasteiger partial charge < -0.3 is 11.5 Å². The third-order valence-electron chi connectivity index (χ3n) is 2.32. The van der Waals surface area contributed by atoms with Crippen LogP contribution < -0.4 is 11.5 Å². The molecule has 0 bridgehead atoms. The molecule has 2 aromatic rings. The topological polar surface area (TPSA) is 77.8 Å². The second-order valence-corrected chi connectivity index (χ2v) is 3.68. The summed E-state index contributed by atoms with van der Waals surface area (Å²) in [5.41, 5.74) is 14.1. The Morgan fingerprint density at radius 1 is 1.12 bits per heavy atom. The zero-order valence-corrected chi connectivity index (χ0v) is 9.14. The predicted molar refractivity (Wildman–Crippen MR) is 64.5 cm³/mol. The van der Waals surface area contributed by atoms with Gasteiger partial charge >= 0.3 is 0 Å². The number of hydrogen-bond donors (Lipinski definition) is 2. The lowest BCUT2D eigenvalue weighted by atomic mass is 10.1. The van der Waals surface area contributed by atoms with Gasteiger partial charge in [0.25, 0.3) is 0 Å². The van der Waals surface area contributed by atoms with Crippen molar-refractivity contribution < 1.29 is 0 Å². The molecule has 4 heteroatoms. The molecule has 4 N–H and O–H groups in total. The third-order valence-corrected chi connectivity index (χ3v) is 2.32. The molecule has 1 aromatic heterocycles. The first kappa shape index (κ1) is 10.6. The molecule has 0 radical (unpaired) electrons. The molecule has 0 spiro atoms. The second kappa shape index (κ2) is 4.28. The third kappa shape index (κ3) is 2.17. The van der Waals surface area contributed by atoms with Crippen LogP contribution in [0.15, 0.2) is 30.3 Å². The van der Waals surface area contributed by atoms with E-state index in [-0.39, 0.29) is 0 Å². The van der Waals surface area contributed by atoms with Crippen molar-refractivity contribution in [2.24, 2.45) is 5.73 Å². The summed E-state index contributed by atoms with van der Waals surface area (Å²) in [4.78, 5) is 8.53. The molecule has 0 aliphatic carbocycles. The molecule has 4 nitrogen and oxygen atoms in total. The smallest absolute Gasteiger partial charge is 0.161 e. The van der Waals surface area contributed by atoms with Gasteiger partial charge in [0.2, 0.25) is 0 Å². The SMILES string of the molecule is Cc1ccc(-c2nc(N)cc(CN)n2)cc1. The number of aryl methyl sites for hydroxylation is 1. The van der Waals surface area contributed by atoms with E-state index in [1.54, 1.807) is 6.07 Å². The van der Waals surface area contributed by atoms with Crippen molar-refractivity contribution in [1.82, 2.24) is 9.97 Å². The van der Waals surface area contributed by atoms with Gasteiger partial charge in [-0.1, -0.05) is 29.8 Å². The monoisotopic (exact) mass is 214 g/mol. The first-order chi connectivity index (χ1) is 7.69. The van der Waals surface area contributed by atoms with Crippen LogP contribution in [0.5, 0.6) is 0 Å². The molecule has 0 unspecified atom stereocenters. The normalized spacial score (nSPS) is 10.4. The maximum Gasteiger partial charge on any atom is 0.161 e. The maximum absolute atomic E-state index is 5.70. The molecule has 0 aliphatic heterocycles. The first-order valence-corrected chi connectivity index (χ1v) is 5.09. The molecule has 0 amide bonds. The first-order valence-electron chi connectivity index (χ1n) is 5.09. The van der Waals surface area contributed by atoms with E-state index >= 15 is 0 Å². The van der Waals surface area contributed by atoms with Gasteiger partial charge in [-0.25, -0.2) is 9.97 Å². The van der Waals surface area contributed by atoms with Crippen LogP contribution in [0.2, 0.25) is 0 Å². The van der Waals surface area contributed by atoms with Crippen molar-refractivity contribution in [3.8, 4) is 11.4 Å². The highest BCUT2D eigenvalue weighted by atomic mass is 15.0. The Kier molecular flexibility index (Phi) is 2.83. The van der Waals surface area contributed by atoms with Gasteiger partial charge in [-0.3, -0.25) is 0 Å². The molecule has 0 atom stereocenters. The van der Waals surface area contributed by atoms with E-state index in [4.69, 9.17) is 11.5 Å². The zero-order chi connectivity index (χ0) is 11.5. The average molecular weight is 214 g/mol. The molecular weight excluding hydrogens is 200 g/mol. The zero-order valence-electron chi connectivity index (χ0n) is 9.14. The molecular formula is C12H14N4. The second-order valence-electron chi connectivity index (χ2n) is 3.68. The van der Waals surface area contributed by atoms with Crippen molar-refractivity contribution in [3.63, 3.8) is 0 Å². The van der Waals surface area contributed by atoms with Crippen LogP contribution >= 0.6 is 0 Å². The molecule has 0 fully saturated rings. The molecule has 0 saturated carbocycles. The predicted octanol–water partition coefficient (Wildman–Crippen LogP) is 1.49. The lowest BCUT2D eigenvalue weighted by Crippen LogP contribution is -2.04. The minimum atomic E-state index is 0.367. The standard InChI is InChI=1S/C12H14N4/c1-8-2-4-9(5-3-8)12-15-10(7-13)6-11(14)16-12/h2-6H,7,13H2,1H3,(H2,14,15,16). The van der Waals surface area contributed by atoms with E-state index in [2.05, 4.69) is 9.97 Å². The van der Waals surface area contributed by atoms with Crippen LogP contribution in [0, 0.1) is 6.92 Å². The Bertz CT molecular complexity index is 491. The Morgan fingerprint density at radius 3 is 2.44 bits per heavy atom. The van der Waals surface area contributed by atoms with Crippen molar-refractivity contribution in [2.45, 2.75) is 13.5 Å². The minimum absolute atomic E-state index is 0.367. The Balaban J connectivity index is 2.47. The van der Waals surface area contributed by atoms with Gasteiger partial charge in [0.15, 0.2) is 5.82 Å². The molecule has 2 rings (SSSR count). The quantitative estimate of drug-likeness (QED) is 0.794. The maximum atomic E-state index is 5.70. The summed E-state index contributed by atoms with van der Waals surface area (Å²) in [6.45, 7) is 2.40. The number of benzene rings is 1. The summed E-state index contributed by atoms with van der Waals surface area (Å²) < 4.78 is 0. The largest absolute Gasteiger partial charge is 0.384 e. The lowest BCUT2D eigenvalue weighted by Gasteiger charge is -2.04. The Labute approximate surface area is 94.3 Å². The van der Waals surface area contributed by atoms with E-state index in [0.717, 1.165) is 11.3 Å². The molecule has 0 saturated heterocycles. The summed E-state index contributed by atoms with van der Waals surface area (Å²) in [7, 11) is 0. The molecule has 0 aliphatic rings. The molecule has 16 heavy (non-hydrogen) atoms. The van der Waals surface area contributed by atoms with Crippen LogP contribution in [0.4, 0.5) is 5.82 Å². The van der Waals surface area contributed by atoms with E-state index < -0.39 is 0 Å². The molecule has 82 valence electrons. The van der Waals surface area contributed by atoms with Crippen LogP contribution in [-0.4, -0.2) is 9.97 Å². The highest BCUT2D eigenvalue weighted by molar-refractivity contribution is 5.57. The fourth-order valence-corrected chi connectivity index (χ4v) is 1.45. The van der Waals surface area contributed by atoms with Crippen molar-refractivity contribution >= 4 is 5.82 Å². The summed E-state index contributed by atoms with van der Waals surface area (Å²) in [5.74, 6) is 1.08. The number of hydrogen-bond acceptors (Lipinski definition) is 4. The van der Waals surface area contributed by atoms with E-state index in [1.807, 2.05) is 31.2 Å². The summed E-state index contributed by atoms with van der Waals surface area (Å²) in [6.07, 6.45) is 0. The number of nitrogens with two attached hydrogens (primary N) is 2. The summed E-state index contributed by atoms with van der Waals surface area (Å²) in [5, 5.41) is 0.